The van der Waals surface area contributed by atoms with Crippen molar-refractivity contribution in [2.75, 3.05) is 30.4 Å². The zero-order valence-corrected chi connectivity index (χ0v) is 21.5. The number of rotatable bonds is 7. The number of anilines is 3. The molecule has 0 spiro atoms. The lowest BCUT2D eigenvalue weighted by Gasteiger charge is -2.35. The summed E-state index contributed by atoms with van der Waals surface area (Å²) in [6.07, 6.45) is 4.63. The molecule has 0 unspecified atom stereocenters. The van der Waals surface area contributed by atoms with Gasteiger partial charge in [0.15, 0.2) is 5.82 Å². The van der Waals surface area contributed by atoms with Gasteiger partial charge in [0.1, 0.15) is 29.4 Å². The molecule has 4 heterocycles. The zero-order chi connectivity index (χ0) is 26.8. The van der Waals surface area contributed by atoms with Crippen LogP contribution in [0.3, 0.4) is 0 Å². The topological polar surface area (TPSA) is 107 Å². The summed E-state index contributed by atoms with van der Waals surface area (Å²) >= 11 is 0. The molecule has 9 nitrogen and oxygen atoms in total. The second kappa shape index (κ2) is 11.8. The molecule has 39 heavy (non-hydrogen) atoms. The molecule has 14 heteroatoms. The van der Waals surface area contributed by atoms with Gasteiger partial charge in [-0.1, -0.05) is 6.07 Å². The van der Waals surface area contributed by atoms with E-state index in [0.29, 0.717) is 46.1 Å². The number of nitrogens with one attached hydrogen (secondary N) is 1. The van der Waals surface area contributed by atoms with E-state index in [1.54, 1.807) is 23.1 Å². The van der Waals surface area contributed by atoms with Gasteiger partial charge in [-0.3, -0.25) is 0 Å². The van der Waals surface area contributed by atoms with E-state index in [1.807, 2.05) is 0 Å². The molecule has 206 valence electrons. The number of aromatic nitrogens is 5. The SMILES string of the molecule is COc1cccc(F)c1-c1nccc(Nc2cc(N3CC[C@@H](N)[C@@H](F)C3)c(-c3cnn(C(F)F)c3)cn2)n1.Cl. The number of hydrogen-bond acceptors (Lipinski definition) is 8. The molecule has 1 fully saturated rings. The predicted molar refractivity (Wildman–Crippen MR) is 141 cm³/mol. The maximum Gasteiger partial charge on any atom is 0.333 e. The molecule has 1 aliphatic heterocycles. The Balaban J connectivity index is 0.00000353. The van der Waals surface area contributed by atoms with E-state index in [9.17, 15) is 17.6 Å². The van der Waals surface area contributed by atoms with Crippen molar-refractivity contribution in [1.29, 1.82) is 0 Å². The molecule has 1 aliphatic rings. The van der Waals surface area contributed by atoms with Crippen molar-refractivity contribution in [3.05, 3.63) is 60.9 Å². The first-order valence-electron chi connectivity index (χ1n) is 11.7. The minimum absolute atomic E-state index is 0. The lowest BCUT2D eigenvalue weighted by molar-refractivity contribution is 0.0566. The Kier molecular flexibility index (Phi) is 8.51. The van der Waals surface area contributed by atoms with Gasteiger partial charge in [0.25, 0.3) is 0 Å². The molecule has 0 radical (unpaired) electrons. The van der Waals surface area contributed by atoms with Crippen LogP contribution in [0, 0.1) is 5.82 Å². The third-order valence-corrected chi connectivity index (χ3v) is 6.26. The molecule has 2 atom stereocenters. The average Bonchev–Trinajstić information content (AvgIpc) is 3.41. The molecular weight excluding hydrogens is 540 g/mol. The summed E-state index contributed by atoms with van der Waals surface area (Å²) in [5.41, 5.74) is 7.44. The van der Waals surface area contributed by atoms with Gasteiger partial charge in [0.2, 0.25) is 0 Å². The van der Waals surface area contributed by atoms with E-state index in [2.05, 4.69) is 25.4 Å². The lowest BCUT2D eigenvalue weighted by Crippen LogP contribution is -2.48. The fourth-order valence-electron chi connectivity index (χ4n) is 4.29. The van der Waals surface area contributed by atoms with Crippen molar-refractivity contribution >= 4 is 29.7 Å². The van der Waals surface area contributed by atoms with Crippen LogP contribution in [0.4, 0.5) is 34.9 Å². The van der Waals surface area contributed by atoms with E-state index in [1.165, 1.54) is 44.0 Å². The number of nitrogens with two attached hydrogens (primary N) is 1. The smallest absolute Gasteiger partial charge is 0.333 e. The summed E-state index contributed by atoms with van der Waals surface area (Å²) in [5, 5.41) is 6.77. The molecule has 1 saturated heterocycles. The number of nitrogens with zero attached hydrogens (tertiary/aromatic N) is 6. The Morgan fingerprint density at radius 3 is 2.69 bits per heavy atom. The summed E-state index contributed by atoms with van der Waals surface area (Å²) in [7, 11) is 1.42. The summed E-state index contributed by atoms with van der Waals surface area (Å²) < 4.78 is 61.2. The molecule has 0 amide bonds. The number of pyridine rings is 1. The highest BCUT2D eigenvalue weighted by Crippen LogP contribution is 2.35. The van der Waals surface area contributed by atoms with Crippen molar-refractivity contribution < 1.29 is 22.3 Å². The molecule has 3 N–H and O–H groups in total. The van der Waals surface area contributed by atoms with Crippen LogP contribution >= 0.6 is 12.4 Å². The van der Waals surface area contributed by atoms with Crippen molar-refractivity contribution in [2.45, 2.75) is 25.2 Å². The summed E-state index contributed by atoms with van der Waals surface area (Å²) in [6.45, 7) is -2.30. The van der Waals surface area contributed by atoms with Gasteiger partial charge in [-0.2, -0.15) is 13.9 Å². The number of halogens is 5. The van der Waals surface area contributed by atoms with E-state index in [-0.39, 0.29) is 36.1 Å². The number of methoxy groups -OCH3 is 1. The van der Waals surface area contributed by atoms with Crippen LogP contribution in [-0.2, 0) is 0 Å². The number of benzene rings is 1. The number of hydrogen-bond donors (Lipinski definition) is 2. The van der Waals surface area contributed by atoms with E-state index >= 15 is 0 Å². The van der Waals surface area contributed by atoms with Gasteiger partial charge in [-0.15, -0.1) is 12.4 Å². The number of piperidine rings is 1. The number of alkyl halides is 3. The van der Waals surface area contributed by atoms with Crippen molar-refractivity contribution in [1.82, 2.24) is 24.7 Å². The van der Waals surface area contributed by atoms with Crippen LogP contribution in [-0.4, -0.2) is 57.1 Å². The minimum atomic E-state index is -2.80. The zero-order valence-electron chi connectivity index (χ0n) is 20.6. The molecule has 0 bridgehead atoms. The maximum atomic E-state index is 14.6. The molecule has 0 aliphatic carbocycles. The fraction of sp³-hybridized carbons (Fsp3) is 0.280. The van der Waals surface area contributed by atoms with Gasteiger partial charge < -0.3 is 20.7 Å². The third-order valence-electron chi connectivity index (χ3n) is 6.26. The lowest BCUT2D eigenvalue weighted by atomic mass is 10.0. The van der Waals surface area contributed by atoms with Gasteiger partial charge in [-0.25, -0.2) is 28.4 Å². The summed E-state index contributed by atoms with van der Waals surface area (Å²) in [5.74, 6) is 0.507. The van der Waals surface area contributed by atoms with E-state index in [4.69, 9.17) is 10.5 Å². The van der Waals surface area contributed by atoms with Gasteiger partial charge in [0, 0.05) is 48.4 Å². The van der Waals surface area contributed by atoms with Crippen molar-refractivity contribution in [2.24, 2.45) is 5.73 Å². The second-order valence-electron chi connectivity index (χ2n) is 8.70. The monoisotopic (exact) mass is 564 g/mol. The van der Waals surface area contributed by atoms with Gasteiger partial charge in [-0.05, 0) is 24.6 Å². The Bertz CT molecular complexity index is 1440. The quantitative estimate of drug-likeness (QED) is 0.303. The third kappa shape index (κ3) is 5.88. The first-order valence-corrected chi connectivity index (χ1v) is 11.7. The van der Waals surface area contributed by atoms with Crippen molar-refractivity contribution in [3.8, 4) is 28.3 Å². The van der Waals surface area contributed by atoms with Gasteiger partial charge in [0.05, 0.1) is 31.1 Å². The molecular formula is C25H25ClF4N8O. The summed E-state index contributed by atoms with van der Waals surface area (Å²) in [4.78, 5) is 14.8. The van der Waals surface area contributed by atoms with E-state index < -0.39 is 24.6 Å². The van der Waals surface area contributed by atoms with Crippen LogP contribution in [0.25, 0.3) is 22.5 Å². The standard InChI is InChI=1S/C25H24F4N8O.ClH/c1-38-20-4-2-3-16(26)23(20)24-31-7-5-21(35-24)34-22-9-19(36-8-6-18(30)17(27)13-36)15(11-32-22)14-10-33-37(12-14)25(28)29;/h2-5,7,9-12,17-18,25H,6,8,13,30H2,1H3,(H,31,32,34,35);1H/t17-,18+;/m0./s1. The first kappa shape index (κ1) is 28.0. The highest BCUT2D eigenvalue weighted by Gasteiger charge is 2.28. The van der Waals surface area contributed by atoms with Crippen LogP contribution in [0.2, 0.25) is 0 Å². The van der Waals surface area contributed by atoms with Crippen LogP contribution in [0.15, 0.2) is 55.1 Å². The molecule has 5 rings (SSSR count). The largest absolute Gasteiger partial charge is 0.496 e. The Labute approximate surface area is 227 Å². The predicted octanol–water partition coefficient (Wildman–Crippen LogP) is 4.99. The van der Waals surface area contributed by atoms with Crippen LogP contribution < -0.4 is 20.7 Å². The van der Waals surface area contributed by atoms with Crippen LogP contribution in [0.1, 0.15) is 13.0 Å². The first-order chi connectivity index (χ1) is 18.3. The fourth-order valence-corrected chi connectivity index (χ4v) is 4.29. The maximum absolute atomic E-state index is 14.6. The molecule has 0 saturated carbocycles. The highest BCUT2D eigenvalue weighted by molar-refractivity contribution is 5.85. The second-order valence-corrected chi connectivity index (χ2v) is 8.70. The Hall–Kier alpha value is -3.97. The normalized spacial score (nSPS) is 17.2. The molecule has 3 aromatic heterocycles. The molecule has 4 aromatic rings. The minimum Gasteiger partial charge on any atom is -0.496 e. The molecule has 1 aromatic carbocycles. The highest BCUT2D eigenvalue weighted by atomic mass is 35.5. The van der Waals surface area contributed by atoms with Gasteiger partial charge >= 0.3 is 6.55 Å². The summed E-state index contributed by atoms with van der Waals surface area (Å²) in [6, 6.07) is 7.08. The van der Waals surface area contributed by atoms with Crippen LogP contribution in [0.5, 0.6) is 5.75 Å². The van der Waals surface area contributed by atoms with E-state index in [0.717, 1.165) is 0 Å². The Morgan fingerprint density at radius 1 is 1.15 bits per heavy atom. The number of ether oxygens (including phenoxy) is 1. The average molecular weight is 565 g/mol. The Morgan fingerprint density at radius 2 is 1.97 bits per heavy atom. The van der Waals surface area contributed by atoms with Crippen molar-refractivity contribution in [3.63, 3.8) is 0 Å².